The molecular formula is C17H26ClNO. The molecule has 0 radical (unpaired) electrons. The van der Waals surface area contributed by atoms with Crippen LogP contribution in [0.5, 0.6) is 0 Å². The molecule has 1 saturated carbocycles. The van der Waals surface area contributed by atoms with E-state index >= 15 is 0 Å². The van der Waals surface area contributed by atoms with Crippen LogP contribution in [0.4, 0.5) is 0 Å². The molecule has 0 amide bonds. The van der Waals surface area contributed by atoms with Gasteiger partial charge in [-0.25, -0.2) is 0 Å². The third-order valence-electron chi connectivity index (χ3n) is 5.27. The first-order valence-corrected chi connectivity index (χ1v) is 8.07. The van der Waals surface area contributed by atoms with E-state index < -0.39 is 5.60 Å². The number of benzene rings is 1. The van der Waals surface area contributed by atoms with E-state index in [0.29, 0.717) is 6.42 Å². The van der Waals surface area contributed by atoms with Crippen LogP contribution in [-0.2, 0) is 5.41 Å². The number of nitrogens with two attached hydrogens (primary N) is 1. The maximum atomic E-state index is 10.6. The minimum atomic E-state index is -0.638. The Labute approximate surface area is 127 Å². The molecule has 0 saturated heterocycles. The van der Waals surface area contributed by atoms with Crippen LogP contribution in [0.15, 0.2) is 24.3 Å². The monoisotopic (exact) mass is 295 g/mol. The van der Waals surface area contributed by atoms with Crippen LogP contribution < -0.4 is 5.73 Å². The van der Waals surface area contributed by atoms with E-state index in [4.69, 9.17) is 17.3 Å². The van der Waals surface area contributed by atoms with Crippen LogP contribution >= 0.6 is 11.6 Å². The molecule has 1 aliphatic carbocycles. The van der Waals surface area contributed by atoms with E-state index in [-0.39, 0.29) is 11.5 Å². The first-order valence-electron chi connectivity index (χ1n) is 7.70. The van der Waals surface area contributed by atoms with Crippen LogP contribution in [0.1, 0.15) is 57.9 Å². The van der Waals surface area contributed by atoms with Gasteiger partial charge in [-0.2, -0.15) is 0 Å². The molecule has 3 N–H and O–H groups in total. The smallest absolute Gasteiger partial charge is 0.0657 e. The Kier molecular flexibility index (Phi) is 4.78. The van der Waals surface area contributed by atoms with Gasteiger partial charge in [0.25, 0.3) is 0 Å². The van der Waals surface area contributed by atoms with Crippen molar-refractivity contribution in [2.24, 2.45) is 5.73 Å². The summed E-state index contributed by atoms with van der Waals surface area (Å²) in [5.74, 6) is 0. The van der Waals surface area contributed by atoms with E-state index in [1.165, 1.54) is 12.0 Å². The first kappa shape index (κ1) is 15.8. The lowest BCUT2D eigenvalue weighted by Crippen LogP contribution is -2.53. The summed E-state index contributed by atoms with van der Waals surface area (Å²) in [6, 6.07) is 8.05. The minimum Gasteiger partial charge on any atom is -0.390 e. The summed E-state index contributed by atoms with van der Waals surface area (Å²) in [5, 5.41) is 11.3. The average Bonchev–Trinajstić information content (AvgIpc) is 2.37. The second-order valence-corrected chi connectivity index (χ2v) is 6.70. The number of hydrogen-bond acceptors (Lipinski definition) is 2. The number of halogens is 1. The highest BCUT2D eigenvalue weighted by molar-refractivity contribution is 6.30. The topological polar surface area (TPSA) is 46.2 Å². The van der Waals surface area contributed by atoms with Gasteiger partial charge in [0, 0.05) is 16.5 Å². The summed E-state index contributed by atoms with van der Waals surface area (Å²) >= 11 is 6.13. The Morgan fingerprint density at radius 3 is 2.45 bits per heavy atom. The lowest BCUT2D eigenvalue weighted by atomic mass is 9.58. The summed E-state index contributed by atoms with van der Waals surface area (Å²) < 4.78 is 0. The number of hydrogen-bond donors (Lipinski definition) is 2. The van der Waals surface area contributed by atoms with Gasteiger partial charge in [-0.05, 0) is 49.8 Å². The fourth-order valence-corrected chi connectivity index (χ4v) is 3.56. The van der Waals surface area contributed by atoms with Crippen molar-refractivity contribution in [1.29, 1.82) is 0 Å². The molecule has 112 valence electrons. The van der Waals surface area contributed by atoms with Crippen molar-refractivity contribution in [2.45, 2.75) is 69.4 Å². The van der Waals surface area contributed by atoms with E-state index in [2.05, 4.69) is 6.07 Å². The summed E-state index contributed by atoms with van der Waals surface area (Å²) in [6.45, 7) is 4.06. The number of rotatable bonds is 6. The van der Waals surface area contributed by atoms with Gasteiger partial charge in [-0.15, -0.1) is 0 Å². The molecule has 1 aliphatic rings. The summed E-state index contributed by atoms with van der Waals surface area (Å²) in [4.78, 5) is 0. The Balaban J connectivity index is 2.23. The molecule has 3 heteroatoms. The third kappa shape index (κ3) is 2.88. The number of aliphatic hydroxyl groups is 1. The predicted molar refractivity (Wildman–Crippen MR) is 85.1 cm³/mol. The molecule has 20 heavy (non-hydrogen) atoms. The van der Waals surface area contributed by atoms with Gasteiger partial charge < -0.3 is 10.8 Å². The van der Waals surface area contributed by atoms with Crippen molar-refractivity contribution in [3.8, 4) is 0 Å². The van der Waals surface area contributed by atoms with Crippen LogP contribution in [0.3, 0.4) is 0 Å². The summed E-state index contributed by atoms with van der Waals surface area (Å²) in [6.07, 6.45) is 5.56. The molecule has 2 nitrogen and oxygen atoms in total. The standard InChI is InChI=1S/C17H26ClNO/c1-3-16(20,4-2)12-15(19)17(9-6-10-17)13-7-5-8-14(18)11-13/h5,7-8,11,15,20H,3-4,6,9-10,12,19H2,1-2H3. The van der Waals surface area contributed by atoms with Gasteiger partial charge in [0.15, 0.2) is 0 Å². The zero-order chi connectivity index (χ0) is 14.8. The van der Waals surface area contributed by atoms with Gasteiger partial charge in [0.2, 0.25) is 0 Å². The minimum absolute atomic E-state index is 0.00319. The zero-order valence-electron chi connectivity index (χ0n) is 12.5. The maximum Gasteiger partial charge on any atom is 0.0657 e. The van der Waals surface area contributed by atoms with Gasteiger partial charge in [-0.1, -0.05) is 44.0 Å². The van der Waals surface area contributed by atoms with Gasteiger partial charge >= 0.3 is 0 Å². The van der Waals surface area contributed by atoms with Crippen molar-refractivity contribution in [2.75, 3.05) is 0 Å². The SMILES string of the molecule is CCC(O)(CC)CC(N)C1(c2cccc(Cl)c2)CCC1. The molecular weight excluding hydrogens is 270 g/mol. The first-order chi connectivity index (χ1) is 9.46. The van der Waals surface area contributed by atoms with Gasteiger partial charge in [0.1, 0.15) is 0 Å². The van der Waals surface area contributed by atoms with E-state index in [0.717, 1.165) is 30.7 Å². The van der Waals surface area contributed by atoms with Crippen LogP contribution in [-0.4, -0.2) is 16.7 Å². The fourth-order valence-electron chi connectivity index (χ4n) is 3.37. The largest absolute Gasteiger partial charge is 0.390 e. The molecule has 1 aromatic rings. The van der Waals surface area contributed by atoms with Crippen molar-refractivity contribution >= 4 is 11.6 Å². The molecule has 0 bridgehead atoms. The second-order valence-electron chi connectivity index (χ2n) is 6.26. The molecule has 1 atom stereocenters. The van der Waals surface area contributed by atoms with Crippen molar-refractivity contribution < 1.29 is 5.11 Å². The molecule has 0 heterocycles. The van der Waals surface area contributed by atoms with Crippen LogP contribution in [0, 0.1) is 0 Å². The summed E-state index contributed by atoms with van der Waals surface area (Å²) in [5.41, 5.74) is 7.13. The van der Waals surface area contributed by atoms with Crippen molar-refractivity contribution in [1.82, 2.24) is 0 Å². The van der Waals surface area contributed by atoms with Crippen LogP contribution in [0.25, 0.3) is 0 Å². The molecule has 1 fully saturated rings. The predicted octanol–water partition coefficient (Wildman–Crippen LogP) is 4.03. The highest BCUT2D eigenvalue weighted by Gasteiger charge is 2.46. The molecule has 1 aromatic carbocycles. The Morgan fingerprint density at radius 2 is 2.00 bits per heavy atom. The average molecular weight is 296 g/mol. The lowest BCUT2D eigenvalue weighted by molar-refractivity contribution is 0.00149. The van der Waals surface area contributed by atoms with Crippen molar-refractivity contribution in [3.63, 3.8) is 0 Å². The highest BCUT2D eigenvalue weighted by Crippen LogP contribution is 2.48. The Bertz CT molecular complexity index is 452. The maximum absolute atomic E-state index is 10.6. The van der Waals surface area contributed by atoms with Crippen LogP contribution in [0.2, 0.25) is 5.02 Å². The highest BCUT2D eigenvalue weighted by atomic mass is 35.5. The zero-order valence-corrected chi connectivity index (χ0v) is 13.3. The summed E-state index contributed by atoms with van der Waals surface area (Å²) in [7, 11) is 0. The third-order valence-corrected chi connectivity index (χ3v) is 5.51. The lowest BCUT2D eigenvalue weighted by Gasteiger charge is -2.49. The molecule has 0 aliphatic heterocycles. The molecule has 0 spiro atoms. The fraction of sp³-hybridized carbons (Fsp3) is 0.647. The quantitative estimate of drug-likeness (QED) is 0.832. The molecule has 0 aromatic heterocycles. The van der Waals surface area contributed by atoms with Crippen molar-refractivity contribution in [3.05, 3.63) is 34.9 Å². The molecule has 2 rings (SSSR count). The van der Waals surface area contributed by atoms with E-state index in [1.54, 1.807) is 0 Å². The Morgan fingerprint density at radius 1 is 1.35 bits per heavy atom. The van der Waals surface area contributed by atoms with E-state index in [1.807, 2.05) is 32.0 Å². The van der Waals surface area contributed by atoms with E-state index in [9.17, 15) is 5.11 Å². The molecule has 1 unspecified atom stereocenters. The van der Waals surface area contributed by atoms with Gasteiger partial charge in [0.05, 0.1) is 5.60 Å². The normalized spacial score (nSPS) is 19.4. The van der Waals surface area contributed by atoms with Gasteiger partial charge in [-0.3, -0.25) is 0 Å². The Hall–Kier alpha value is -0.570. The second kappa shape index (κ2) is 6.05.